The van der Waals surface area contributed by atoms with E-state index in [1.54, 1.807) is 0 Å². The smallest absolute Gasteiger partial charge is 0.314 e. The van der Waals surface area contributed by atoms with Gasteiger partial charge in [0.15, 0.2) is 0 Å². The summed E-state index contributed by atoms with van der Waals surface area (Å²) in [5.41, 5.74) is 0.810. The first-order valence-electron chi connectivity index (χ1n) is 13.1. The molecule has 0 radical (unpaired) electrons. The summed E-state index contributed by atoms with van der Waals surface area (Å²) in [5, 5.41) is 0. The van der Waals surface area contributed by atoms with Gasteiger partial charge in [0.25, 0.3) is 0 Å². The Morgan fingerprint density at radius 1 is 0.656 bits per heavy atom. The third kappa shape index (κ3) is 14.3. The van der Waals surface area contributed by atoms with Gasteiger partial charge in [0.05, 0.1) is 25.6 Å². The predicted molar refractivity (Wildman–Crippen MR) is 132 cm³/mol. The number of hydrogen-bond donors (Lipinski definition) is 0. The maximum Gasteiger partial charge on any atom is 0.314 e. The molecule has 0 amide bonds. The molecule has 0 aliphatic carbocycles. The predicted octanol–water partition coefficient (Wildman–Crippen LogP) is 7.75. The topological polar surface area (TPSA) is 52.6 Å². The van der Waals surface area contributed by atoms with E-state index in [0.29, 0.717) is 13.2 Å². The van der Waals surface area contributed by atoms with Gasteiger partial charge in [-0.15, -0.1) is 0 Å². The molecule has 0 saturated heterocycles. The third-order valence-electron chi connectivity index (χ3n) is 5.86. The molecule has 1 aromatic rings. The molecule has 0 heterocycles. The van der Waals surface area contributed by atoms with E-state index in [1.807, 2.05) is 30.3 Å². The third-order valence-corrected chi connectivity index (χ3v) is 5.86. The summed E-state index contributed by atoms with van der Waals surface area (Å²) in [6.45, 7) is 5.28. The Balaban J connectivity index is 2.34. The Labute approximate surface area is 196 Å². The molecule has 1 aromatic carbocycles. The lowest BCUT2D eigenvalue weighted by atomic mass is 9.96. The molecular formula is C28H46O4. The molecule has 0 aliphatic heterocycles. The summed E-state index contributed by atoms with van der Waals surface area (Å²) in [5.74, 6) is -1.24. The van der Waals surface area contributed by atoms with Crippen LogP contribution in [-0.2, 0) is 19.1 Å². The standard InChI is InChI=1S/C28H46O4/c1-3-5-7-9-11-13-18-22-31-27(29)24-26(25-20-16-15-17-21-25)28(30)32-23-19-14-12-10-8-6-4-2/h15-17,20-21,26H,3-14,18-19,22-24H2,1-2H3. The van der Waals surface area contributed by atoms with Crippen molar-refractivity contribution in [3.63, 3.8) is 0 Å². The van der Waals surface area contributed by atoms with Crippen LogP contribution in [0.5, 0.6) is 0 Å². The first kappa shape index (κ1) is 28.2. The Morgan fingerprint density at radius 3 is 1.66 bits per heavy atom. The van der Waals surface area contributed by atoms with Crippen molar-refractivity contribution in [3.05, 3.63) is 35.9 Å². The molecule has 182 valence electrons. The van der Waals surface area contributed by atoms with Crippen molar-refractivity contribution in [3.8, 4) is 0 Å². The van der Waals surface area contributed by atoms with Crippen molar-refractivity contribution >= 4 is 11.9 Å². The molecule has 0 N–H and O–H groups in total. The minimum Gasteiger partial charge on any atom is -0.466 e. The van der Waals surface area contributed by atoms with E-state index in [0.717, 1.165) is 31.2 Å². The van der Waals surface area contributed by atoms with Crippen molar-refractivity contribution in [1.29, 1.82) is 0 Å². The van der Waals surface area contributed by atoms with Gasteiger partial charge in [0.1, 0.15) is 0 Å². The van der Waals surface area contributed by atoms with Crippen molar-refractivity contribution in [1.82, 2.24) is 0 Å². The van der Waals surface area contributed by atoms with E-state index in [2.05, 4.69) is 13.8 Å². The second kappa shape index (κ2) is 19.8. The molecule has 0 bridgehead atoms. The largest absolute Gasteiger partial charge is 0.466 e. The summed E-state index contributed by atoms with van der Waals surface area (Å²) in [4.78, 5) is 25.1. The number of carbonyl (C=O) groups is 2. The van der Waals surface area contributed by atoms with Crippen LogP contribution in [0.4, 0.5) is 0 Å². The Morgan fingerprint density at radius 2 is 1.12 bits per heavy atom. The Hall–Kier alpha value is -1.84. The number of unbranched alkanes of at least 4 members (excludes halogenated alkanes) is 12. The zero-order chi connectivity index (χ0) is 23.3. The van der Waals surface area contributed by atoms with Gasteiger partial charge in [-0.1, -0.05) is 121 Å². The molecule has 1 atom stereocenters. The van der Waals surface area contributed by atoms with Gasteiger partial charge in [0, 0.05) is 0 Å². The molecule has 32 heavy (non-hydrogen) atoms. The van der Waals surface area contributed by atoms with Crippen LogP contribution in [0, 0.1) is 0 Å². The monoisotopic (exact) mass is 446 g/mol. The van der Waals surface area contributed by atoms with E-state index in [4.69, 9.17) is 9.47 Å². The van der Waals surface area contributed by atoms with Crippen LogP contribution in [0.15, 0.2) is 30.3 Å². The molecule has 0 saturated carbocycles. The average Bonchev–Trinajstić information content (AvgIpc) is 2.81. The molecule has 1 unspecified atom stereocenters. The fourth-order valence-electron chi connectivity index (χ4n) is 3.83. The lowest BCUT2D eigenvalue weighted by molar-refractivity contribution is -0.152. The molecule has 0 fully saturated rings. The van der Waals surface area contributed by atoms with Gasteiger partial charge >= 0.3 is 11.9 Å². The second-order valence-corrected chi connectivity index (χ2v) is 8.80. The van der Waals surface area contributed by atoms with E-state index in [-0.39, 0.29) is 18.4 Å². The van der Waals surface area contributed by atoms with Gasteiger partial charge in [-0.05, 0) is 18.4 Å². The molecule has 1 rings (SSSR count). The second-order valence-electron chi connectivity index (χ2n) is 8.80. The van der Waals surface area contributed by atoms with Crippen LogP contribution < -0.4 is 0 Å². The average molecular weight is 447 g/mol. The van der Waals surface area contributed by atoms with Gasteiger partial charge in [0.2, 0.25) is 0 Å². The molecular weight excluding hydrogens is 400 g/mol. The van der Waals surface area contributed by atoms with E-state index in [9.17, 15) is 9.59 Å². The highest BCUT2D eigenvalue weighted by atomic mass is 16.5. The minimum atomic E-state index is -0.595. The van der Waals surface area contributed by atoms with Crippen LogP contribution in [0.3, 0.4) is 0 Å². The number of esters is 2. The summed E-state index contributed by atoms with van der Waals surface area (Å²) in [6.07, 6.45) is 16.5. The number of ether oxygens (including phenoxy) is 2. The van der Waals surface area contributed by atoms with E-state index >= 15 is 0 Å². The SMILES string of the molecule is CCCCCCCCCOC(=O)CC(C(=O)OCCCCCCCCC)c1ccccc1. The highest BCUT2D eigenvalue weighted by molar-refractivity contribution is 5.84. The van der Waals surface area contributed by atoms with Crippen LogP contribution in [0.1, 0.15) is 122 Å². The molecule has 0 aliphatic rings. The Kier molecular flexibility index (Phi) is 17.5. The zero-order valence-electron chi connectivity index (χ0n) is 20.6. The summed E-state index contributed by atoms with van der Waals surface area (Å²) >= 11 is 0. The van der Waals surface area contributed by atoms with Crippen LogP contribution >= 0.6 is 0 Å². The van der Waals surface area contributed by atoms with Gasteiger partial charge in [-0.3, -0.25) is 9.59 Å². The summed E-state index contributed by atoms with van der Waals surface area (Å²) in [7, 11) is 0. The quantitative estimate of drug-likeness (QED) is 0.152. The highest BCUT2D eigenvalue weighted by Crippen LogP contribution is 2.22. The lowest BCUT2D eigenvalue weighted by Crippen LogP contribution is -2.21. The van der Waals surface area contributed by atoms with Crippen molar-refractivity contribution in [2.24, 2.45) is 0 Å². The molecule has 4 nitrogen and oxygen atoms in total. The summed E-state index contributed by atoms with van der Waals surface area (Å²) in [6, 6.07) is 9.43. The zero-order valence-corrected chi connectivity index (χ0v) is 20.6. The maximum absolute atomic E-state index is 12.7. The number of rotatable bonds is 20. The first-order valence-corrected chi connectivity index (χ1v) is 13.1. The molecule has 0 aromatic heterocycles. The number of benzene rings is 1. The van der Waals surface area contributed by atoms with Crippen molar-refractivity contribution in [2.45, 2.75) is 116 Å². The normalized spacial score (nSPS) is 11.8. The van der Waals surface area contributed by atoms with Crippen LogP contribution in [-0.4, -0.2) is 25.2 Å². The lowest BCUT2D eigenvalue weighted by Gasteiger charge is -2.16. The fraction of sp³-hybridized carbons (Fsp3) is 0.714. The van der Waals surface area contributed by atoms with Gasteiger partial charge in [-0.2, -0.15) is 0 Å². The Bertz CT molecular complexity index is 584. The van der Waals surface area contributed by atoms with Crippen molar-refractivity contribution in [2.75, 3.05) is 13.2 Å². The van der Waals surface area contributed by atoms with Gasteiger partial charge in [-0.25, -0.2) is 0 Å². The molecule has 4 heteroatoms. The van der Waals surface area contributed by atoms with Gasteiger partial charge < -0.3 is 9.47 Å². The van der Waals surface area contributed by atoms with Crippen LogP contribution in [0.2, 0.25) is 0 Å². The first-order chi connectivity index (χ1) is 15.7. The summed E-state index contributed by atoms with van der Waals surface area (Å²) < 4.78 is 10.9. The fourth-order valence-corrected chi connectivity index (χ4v) is 3.83. The maximum atomic E-state index is 12.7. The molecule has 0 spiro atoms. The minimum absolute atomic E-state index is 0.0381. The highest BCUT2D eigenvalue weighted by Gasteiger charge is 2.26. The van der Waals surface area contributed by atoms with Crippen molar-refractivity contribution < 1.29 is 19.1 Å². The van der Waals surface area contributed by atoms with E-state index < -0.39 is 5.92 Å². The van der Waals surface area contributed by atoms with Crippen LogP contribution in [0.25, 0.3) is 0 Å². The number of hydrogen-bond acceptors (Lipinski definition) is 4. The van der Waals surface area contributed by atoms with E-state index in [1.165, 1.54) is 64.2 Å². The number of carbonyl (C=O) groups excluding carboxylic acids is 2.